The summed E-state index contributed by atoms with van der Waals surface area (Å²) < 4.78 is 6.28. The van der Waals surface area contributed by atoms with Crippen LogP contribution in [0.2, 0.25) is 0 Å². The van der Waals surface area contributed by atoms with Gasteiger partial charge >= 0.3 is 0 Å². The topological polar surface area (TPSA) is 64.7 Å². The highest BCUT2D eigenvalue weighted by atomic mass is 16.3. The van der Waals surface area contributed by atoms with Crippen molar-refractivity contribution in [1.29, 1.82) is 0 Å². The van der Waals surface area contributed by atoms with Gasteiger partial charge in [-0.15, -0.1) is 0 Å². The lowest BCUT2D eigenvalue weighted by Crippen LogP contribution is -1.96. The molecule has 0 aliphatic heterocycles. The molecule has 8 aromatic rings. The number of aromatic nitrogens is 4. The summed E-state index contributed by atoms with van der Waals surface area (Å²) in [5.41, 5.74) is 11.4. The minimum Gasteiger partial charge on any atom is -0.452 e. The van der Waals surface area contributed by atoms with Crippen molar-refractivity contribution in [3.05, 3.63) is 121 Å². The zero-order valence-electron chi connectivity index (χ0n) is 24.0. The smallest absolute Gasteiger partial charge is 0.180 e. The van der Waals surface area contributed by atoms with Crippen LogP contribution in [0, 0.1) is 0 Å². The molecule has 0 radical (unpaired) electrons. The Labute approximate surface area is 248 Å². The average molecular weight is 557 g/mol. The van der Waals surface area contributed by atoms with E-state index in [4.69, 9.17) is 24.4 Å². The number of nitrogens with zero attached hydrogens (tertiary/aromatic N) is 4. The van der Waals surface area contributed by atoms with E-state index in [0.717, 1.165) is 90.5 Å². The van der Waals surface area contributed by atoms with Crippen molar-refractivity contribution >= 4 is 43.9 Å². The van der Waals surface area contributed by atoms with Crippen molar-refractivity contribution in [3.63, 3.8) is 0 Å². The third-order valence-electron chi connectivity index (χ3n) is 8.20. The van der Waals surface area contributed by atoms with Gasteiger partial charge in [-0.1, -0.05) is 98.8 Å². The van der Waals surface area contributed by atoms with Gasteiger partial charge in [-0.05, 0) is 48.2 Å². The number of furan rings is 1. The summed E-state index contributed by atoms with van der Waals surface area (Å²) in [7, 11) is 0. The highest BCUT2D eigenvalue weighted by Gasteiger charge is 2.18. The van der Waals surface area contributed by atoms with Crippen LogP contribution in [0.15, 0.2) is 114 Å². The average Bonchev–Trinajstić information content (AvgIpc) is 3.46. The Bertz CT molecular complexity index is 2300. The van der Waals surface area contributed by atoms with Crippen molar-refractivity contribution < 1.29 is 4.42 Å². The van der Waals surface area contributed by atoms with Crippen molar-refractivity contribution in [2.45, 2.75) is 26.7 Å². The van der Waals surface area contributed by atoms with Crippen LogP contribution in [0.3, 0.4) is 0 Å². The van der Waals surface area contributed by atoms with Gasteiger partial charge in [0.25, 0.3) is 0 Å². The van der Waals surface area contributed by atoms with Gasteiger partial charge in [-0.3, -0.25) is 9.97 Å². The quantitative estimate of drug-likeness (QED) is 0.198. The molecule has 0 aliphatic rings. The second kappa shape index (κ2) is 10.1. The fourth-order valence-electron chi connectivity index (χ4n) is 5.89. The predicted octanol–water partition coefficient (Wildman–Crippen LogP) is 9.60. The Balaban J connectivity index is 1.29. The number of hydrogen-bond donors (Lipinski definition) is 0. The van der Waals surface area contributed by atoms with Gasteiger partial charge in [0, 0.05) is 38.7 Å². The molecule has 0 N–H and O–H groups in total. The molecule has 0 spiro atoms. The zero-order chi connectivity index (χ0) is 28.9. The van der Waals surface area contributed by atoms with Gasteiger partial charge < -0.3 is 4.42 Å². The maximum atomic E-state index is 6.28. The molecular formula is C38H28N4O. The Kier molecular flexibility index (Phi) is 5.97. The van der Waals surface area contributed by atoms with Crippen LogP contribution in [0.25, 0.3) is 77.6 Å². The van der Waals surface area contributed by atoms with E-state index >= 15 is 0 Å². The third kappa shape index (κ3) is 4.24. The van der Waals surface area contributed by atoms with Gasteiger partial charge in [0.2, 0.25) is 0 Å². The molecule has 4 aromatic heterocycles. The van der Waals surface area contributed by atoms with Crippen molar-refractivity contribution in [1.82, 2.24) is 19.9 Å². The Morgan fingerprint density at radius 1 is 0.535 bits per heavy atom. The summed E-state index contributed by atoms with van der Waals surface area (Å²) in [6, 6.07) is 37.5. The van der Waals surface area contributed by atoms with Crippen molar-refractivity contribution in [2.24, 2.45) is 0 Å². The van der Waals surface area contributed by atoms with Crippen LogP contribution in [-0.2, 0) is 12.8 Å². The predicted molar refractivity (Wildman–Crippen MR) is 175 cm³/mol. The number of aryl methyl sites for hydroxylation is 2. The first kappa shape index (κ1) is 25.3. The van der Waals surface area contributed by atoms with E-state index in [9.17, 15) is 0 Å². The molecule has 0 bridgehead atoms. The van der Waals surface area contributed by atoms with E-state index < -0.39 is 0 Å². The standard InChI is InChI=1S/C38H28N4O/c1-3-27-20-18-25-19-21-29-31(22-28(4-2)40-35(29)33(25)39-27)23-14-16-26(17-15-23)38-41-34(24-10-6-5-7-11-24)37-36(42-38)30-12-8-9-13-32(30)43-37/h5-22H,3-4H2,1-2H3. The number of rotatable bonds is 5. The molecule has 4 aromatic carbocycles. The van der Waals surface area contributed by atoms with Crippen LogP contribution < -0.4 is 0 Å². The van der Waals surface area contributed by atoms with Gasteiger partial charge in [0.15, 0.2) is 11.4 Å². The molecule has 0 saturated heterocycles. The molecule has 8 rings (SSSR count). The van der Waals surface area contributed by atoms with Gasteiger partial charge in [-0.2, -0.15) is 0 Å². The van der Waals surface area contributed by atoms with Crippen LogP contribution in [0.4, 0.5) is 0 Å². The largest absolute Gasteiger partial charge is 0.452 e. The first-order valence-electron chi connectivity index (χ1n) is 14.8. The molecule has 0 fully saturated rings. The van der Waals surface area contributed by atoms with E-state index in [1.165, 1.54) is 0 Å². The lowest BCUT2D eigenvalue weighted by Gasteiger charge is -2.12. The normalized spacial score (nSPS) is 11.7. The molecule has 5 nitrogen and oxygen atoms in total. The molecule has 0 atom stereocenters. The third-order valence-corrected chi connectivity index (χ3v) is 8.20. The Morgan fingerprint density at radius 2 is 1.26 bits per heavy atom. The molecule has 4 heterocycles. The van der Waals surface area contributed by atoms with E-state index in [-0.39, 0.29) is 0 Å². The molecule has 0 unspecified atom stereocenters. The summed E-state index contributed by atoms with van der Waals surface area (Å²) in [4.78, 5) is 20.1. The zero-order valence-corrected chi connectivity index (χ0v) is 24.0. The number of benzene rings is 4. The molecular weight excluding hydrogens is 528 g/mol. The van der Waals surface area contributed by atoms with Crippen LogP contribution >= 0.6 is 0 Å². The van der Waals surface area contributed by atoms with Crippen LogP contribution in [0.1, 0.15) is 25.2 Å². The summed E-state index contributed by atoms with van der Waals surface area (Å²) in [6.45, 7) is 4.28. The fraction of sp³-hybridized carbons (Fsp3) is 0.105. The fourth-order valence-corrected chi connectivity index (χ4v) is 5.89. The Morgan fingerprint density at radius 3 is 2.07 bits per heavy atom. The second-order valence-corrected chi connectivity index (χ2v) is 10.8. The number of pyridine rings is 2. The first-order valence-corrected chi connectivity index (χ1v) is 14.8. The maximum absolute atomic E-state index is 6.28. The Hall–Kier alpha value is -5.42. The summed E-state index contributed by atoms with van der Waals surface area (Å²) >= 11 is 0. The maximum Gasteiger partial charge on any atom is 0.180 e. The minimum atomic E-state index is 0.667. The minimum absolute atomic E-state index is 0.667. The van der Waals surface area contributed by atoms with Crippen LogP contribution in [-0.4, -0.2) is 19.9 Å². The van der Waals surface area contributed by atoms with Crippen LogP contribution in [0.5, 0.6) is 0 Å². The lowest BCUT2D eigenvalue weighted by atomic mass is 9.97. The molecule has 43 heavy (non-hydrogen) atoms. The lowest BCUT2D eigenvalue weighted by molar-refractivity contribution is 0.667. The molecule has 0 amide bonds. The van der Waals surface area contributed by atoms with Gasteiger partial charge in [-0.25, -0.2) is 9.97 Å². The summed E-state index contributed by atoms with van der Waals surface area (Å²) in [5.74, 6) is 0.667. The molecule has 5 heteroatoms. The van der Waals surface area contributed by atoms with E-state index in [2.05, 4.69) is 86.6 Å². The van der Waals surface area contributed by atoms with E-state index in [1.807, 2.05) is 36.4 Å². The number of fused-ring (bicyclic) bond motifs is 6. The SMILES string of the molecule is CCc1ccc2ccc3c(-c4ccc(-c5nc(-c6ccccc6)c6oc7ccccc7c6n5)cc4)cc(CC)nc3c2n1. The second-order valence-electron chi connectivity index (χ2n) is 10.8. The van der Waals surface area contributed by atoms with Crippen molar-refractivity contribution in [3.8, 4) is 33.8 Å². The monoisotopic (exact) mass is 556 g/mol. The summed E-state index contributed by atoms with van der Waals surface area (Å²) in [6.07, 6.45) is 1.74. The number of hydrogen-bond acceptors (Lipinski definition) is 5. The van der Waals surface area contributed by atoms with Gasteiger partial charge in [0.1, 0.15) is 16.8 Å². The highest BCUT2D eigenvalue weighted by molar-refractivity contribution is 6.09. The van der Waals surface area contributed by atoms with E-state index in [1.54, 1.807) is 0 Å². The molecule has 206 valence electrons. The first-order chi connectivity index (χ1) is 21.2. The molecule has 0 saturated carbocycles. The number of para-hydroxylation sites is 1. The summed E-state index contributed by atoms with van der Waals surface area (Å²) in [5, 5.41) is 3.20. The molecule has 0 aliphatic carbocycles. The van der Waals surface area contributed by atoms with Gasteiger partial charge in [0.05, 0.1) is 11.0 Å². The van der Waals surface area contributed by atoms with E-state index in [0.29, 0.717) is 11.4 Å². The van der Waals surface area contributed by atoms with Crippen molar-refractivity contribution in [2.75, 3.05) is 0 Å². The highest BCUT2D eigenvalue weighted by Crippen LogP contribution is 2.37.